The number of benzene rings is 2. The van der Waals surface area contributed by atoms with Crippen LogP contribution in [0.3, 0.4) is 0 Å². The normalized spacial score (nSPS) is 11.5. The quantitative estimate of drug-likeness (QED) is 0.546. The molecule has 28 heavy (non-hydrogen) atoms. The van der Waals surface area contributed by atoms with Gasteiger partial charge in [-0.1, -0.05) is 35.9 Å². The molecule has 1 N–H and O–H groups in total. The monoisotopic (exact) mass is 411 g/mol. The van der Waals surface area contributed by atoms with Gasteiger partial charge >= 0.3 is 0 Å². The van der Waals surface area contributed by atoms with Crippen LogP contribution in [0.4, 0.5) is 5.69 Å². The molecule has 2 aromatic heterocycles. The summed E-state index contributed by atoms with van der Waals surface area (Å²) in [5.74, 6) is -0.424. The molecule has 0 aliphatic rings. The Hall–Kier alpha value is -3.16. The molecule has 0 aliphatic heterocycles. The van der Waals surface area contributed by atoms with Crippen molar-refractivity contribution in [2.45, 2.75) is 4.90 Å². The molecule has 0 atom stereocenters. The summed E-state index contributed by atoms with van der Waals surface area (Å²) in [6.45, 7) is 0. The zero-order valence-electron chi connectivity index (χ0n) is 14.4. The van der Waals surface area contributed by atoms with Crippen molar-refractivity contribution in [1.29, 1.82) is 0 Å². The lowest BCUT2D eigenvalue weighted by Gasteiger charge is -2.07. The predicted octanol–water partition coefficient (Wildman–Crippen LogP) is 4.18. The van der Waals surface area contributed by atoms with Gasteiger partial charge in [-0.2, -0.15) is 0 Å². The number of nitrogens with one attached hydrogen (secondary N) is 1. The third kappa shape index (κ3) is 3.26. The number of anilines is 1. The average Bonchev–Trinajstić information content (AvgIpc) is 3.08. The molecule has 4 aromatic rings. The fraction of sp³-hybridized carbons (Fsp3) is 0. The second-order valence-corrected chi connectivity index (χ2v) is 8.24. The number of aromatic nitrogens is 2. The molecule has 1 amide bonds. The molecular formula is C20H14ClN3O3S. The minimum absolute atomic E-state index is 0.0975. The van der Waals surface area contributed by atoms with E-state index in [4.69, 9.17) is 11.6 Å². The maximum Gasteiger partial charge on any atom is 0.274 e. The number of carbonyl (C=O) groups is 1. The molecule has 0 unspecified atom stereocenters. The summed E-state index contributed by atoms with van der Waals surface area (Å²) in [6.07, 6.45) is 2.92. The van der Waals surface area contributed by atoms with Gasteiger partial charge in [-0.15, -0.1) is 0 Å². The number of amides is 1. The molecule has 0 saturated heterocycles. The Morgan fingerprint density at radius 1 is 0.964 bits per heavy atom. The largest absolute Gasteiger partial charge is 0.319 e. The lowest BCUT2D eigenvalue weighted by atomic mass is 10.2. The maximum atomic E-state index is 13.1. The van der Waals surface area contributed by atoms with E-state index in [2.05, 4.69) is 10.3 Å². The van der Waals surface area contributed by atoms with Gasteiger partial charge in [0, 0.05) is 22.8 Å². The highest BCUT2D eigenvalue weighted by atomic mass is 35.5. The van der Waals surface area contributed by atoms with Crippen molar-refractivity contribution in [2.24, 2.45) is 0 Å². The Morgan fingerprint density at radius 2 is 1.68 bits per heavy atom. The van der Waals surface area contributed by atoms with E-state index in [1.807, 2.05) is 0 Å². The van der Waals surface area contributed by atoms with Crippen LogP contribution >= 0.6 is 11.6 Å². The molecule has 0 fully saturated rings. The Balaban J connectivity index is 1.81. The summed E-state index contributed by atoms with van der Waals surface area (Å²) < 4.78 is 27.4. The number of halogens is 1. The Bertz CT molecular complexity index is 1270. The van der Waals surface area contributed by atoms with Gasteiger partial charge in [-0.3, -0.25) is 9.78 Å². The fourth-order valence-corrected chi connectivity index (χ4v) is 4.35. The summed E-state index contributed by atoms with van der Waals surface area (Å²) in [4.78, 5) is 16.6. The lowest BCUT2D eigenvalue weighted by molar-refractivity contribution is 0.102. The molecule has 4 rings (SSSR count). The fourth-order valence-electron chi connectivity index (χ4n) is 2.85. The van der Waals surface area contributed by atoms with Crippen molar-refractivity contribution in [3.63, 3.8) is 0 Å². The van der Waals surface area contributed by atoms with E-state index in [1.165, 1.54) is 36.7 Å². The first-order valence-corrected chi connectivity index (χ1v) is 10.1. The molecule has 2 heterocycles. The second kappa shape index (κ2) is 7.10. The number of nitrogens with zero attached hydrogens (tertiary/aromatic N) is 2. The topological polar surface area (TPSA) is 81.1 Å². The van der Waals surface area contributed by atoms with E-state index in [-0.39, 0.29) is 10.6 Å². The van der Waals surface area contributed by atoms with Crippen LogP contribution in [0.25, 0.3) is 10.9 Å². The SMILES string of the molecule is O=C(Nc1cn(S(=O)(=O)c2ccc(Cl)cc2)c2ccccc12)c1ccccn1. The summed E-state index contributed by atoms with van der Waals surface area (Å²) in [6, 6.07) is 17.9. The average molecular weight is 412 g/mol. The van der Waals surface area contributed by atoms with Crippen LogP contribution in [0.5, 0.6) is 0 Å². The van der Waals surface area contributed by atoms with Gasteiger partial charge in [0.1, 0.15) is 5.69 Å². The molecule has 140 valence electrons. The predicted molar refractivity (Wildman–Crippen MR) is 108 cm³/mol. The first-order valence-electron chi connectivity index (χ1n) is 8.30. The molecule has 0 spiro atoms. The van der Waals surface area contributed by atoms with Crippen LogP contribution in [-0.4, -0.2) is 23.3 Å². The summed E-state index contributed by atoms with van der Waals surface area (Å²) in [5, 5.41) is 3.79. The van der Waals surface area contributed by atoms with Crippen molar-refractivity contribution in [2.75, 3.05) is 5.32 Å². The van der Waals surface area contributed by atoms with Crippen molar-refractivity contribution in [3.05, 3.63) is 89.8 Å². The molecule has 6 nitrogen and oxygen atoms in total. The van der Waals surface area contributed by atoms with E-state index >= 15 is 0 Å². The molecule has 2 aromatic carbocycles. The molecular weight excluding hydrogens is 398 g/mol. The number of hydrogen-bond acceptors (Lipinski definition) is 4. The number of fused-ring (bicyclic) bond motifs is 1. The van der Waals surface area contributed by atoms with Crippen LogP contribution in [-0.2, 0) is 10.0 Å². The van der Waals surface area contributed by atoms with Crippen LogP contribution in [0.2, 0.25) is 5.02 Å². The van der Waals surface area contributed by atoms with Gasteiger partial charge in [0.05, 0.1) is 16.1 Å². The van der Waals surface area contributed by atoms with Crippen molar-refractivity contribution < 1.29 is 13.2 Å². The van der Waals surface area contributed by atoms with Crippen molar-refractivity contribution >= 4 is 44.1 Å². The second-order valence-electron chi connectivity index (χ2n) is 5.98. The number of rotatable bonds is 4. The van der Waals surface area contributed by atoms with Gasteiger partial charge in [0.2, 0.25) is 0 Å². The first kappa shape index (κ1) is 18.2. The highest BCUT2D eigenvalue weighted by Crippen LogP contribution is 2.30. The molecule has 0 saturated carbocycles. The van der Waals surface area contributed by atoms with Gasteiger partial charge in [-0.25, -0.2) is 12.4 Å². The number of carbonyl (C=O) groups excluding carboxylic acids is 1. The first-order chi connectivity index (χ1) is 13.5. The van der Waals surface area contributed by atoms with E-state index in [0.29, 0.717) is 21.6 Å². The zero-order valence-corrected chi connectivity index (χ0v) is 16.0. The number of pyridine rings is 1. The lowest BCUT2D eigenvalue weighted by Crippen LogP contribution is -2.14. The summed E-state index contributed by atoms with van der Waals surface area (Å²) in [7, 11) is -3.87. The minimum Gasteiger partial charge on any atom is -0.319 e. The molecule has 0 radical (unpaired) electrons. The zero-order chi connectivity index (χ0) is 19.7. The summed E-state index contributed by atoms with van der Waals surface area (Å²) in [5.41, 5.74) is 1.07. The van der Waals surface area contributed by atoms with E-state index < -0.39 is 15.9 Å². The number of hydrogen-bond donors (Lipinski definition) is 1. The van der Waals surface area contributed by atoms with Crippen molar-refractivity contribution in [1.82, 2.24) is 8.96 Å². The van der Waals surface area contributed by atoms with Gasteiger partial charge in [-0.05, 0) is 42.5 Å². The van der Waals surface area contributed by atoms with E-state index in [1.54, 1.807) is 42.5 Å². The van der Waals surface area contributed by atoms with E-state index in [0.717, 1.165) is 3.97 Å². The highest BCUT2D eigenvalue weighted by Gasteiger charge is 2.22. The van der Waals surface area contributed by atoms with E-state index in [9.17, 15) is 13.2 Å². The van der Waals surface area contributed by atoms with Crippen molar-refractivity contribution in [3.8, 4) is 0 Å². The smallest absolute Gasteiger partial charge is 0.274 e. The van der Waals surface area contributed by atoms with Gasteiger partial charge < -0.3 is 5.32 Å². The number of para-hydroxylation sites is 1. The highest BCUT2D eigenvalue weighted by molar-refractivity contribution is 7.90. The van der Waals surface area contributed by atoms with Gasteiger partial charge in [0.25, 0.3) is 15.9 Å². The minimum atomic E-state index is -3.87. The Labute approximate surface area is 166 Å². The summed E-state index contributed by atoms with van der Waals surface area (Å²) >= 11 is 5.87. The molecule has 0 aliphatic carbocycles. The third-order valence-corrected chi connectivity index (χ3v) is 6.13. The van der Waals surface area contributed by atoms with Crippen LogP contribution in [0.15, 0.2) is 84.0 Å². The van der Waals surface area contributed by atoms with Gasteiger partial charge in [0.15, 0.2) is 0 Å². The standard InChI is InChI=1S/C20H14ClN3O3S/c21-14-8-10-15(11-9-14)28(26,27)24-13-18(16-5-1-2-7-19(16)24)23-20(25)17-6-3-4-12-22-17/h1-13H,(H,23,25). The Morgan fingerprint density at radius 3 is 2.39 bits per heavy atom. The molecule has 0 bridgehead atoms. The third-order valence-electron chi connectivity index (χ3n) is 4.19. The Kier molecular flexibility index (Phi) is 4.62. The van der Waals surface area contributed by atoms with Crippen LogP contribution in [0.1, 0.15) is 10.5 Å². The maximum absolute atomic E-state index is 13.1. The van der Waals surface area contributed by atoms with Crippen LogP contribution < -0.4 is 5.32 Å². The molecule has 8 heteroatoms. The van der Waals surface area contributed by atoms with Crippen LogP contribution in [0, 0.1) is 0 Å².